The molecule has 7 nitrogen and oxygen atoms in total. The van der Waals surface area contributed by atoms with E-state index in [1.54, 1.807) is 0 Å². The van der Waals surface area contributed by atoms with E-state index in [1.165, 1.54) is 19.9 Å². The highest BCUT2D eigenvalue weighted by molar-refractivity contribution is 6.26. The average molecular weight is 373 g/mol. The molecule has 7 heteroatoms. The van der Waals surface area contributed by atoms with Gasteiger partial charge in [-0.05, 0) is 26.7 Å². The second-order valence-corrected chi connectivity index (χ2v) is 8.22. The van der Waals surface area contributed by atoms with Crippen LogP contribution in [-0.2, 0) is 12.8 Å². The summed E-state index contributed by atoms with van der Waals surface area (Å²) in [4.78, 5) is 27.6. The Kier molecular flexibility index (Phi) is 3.71. The Morgan fingerprint density at radius 1 is 0.889 bits per heavy atom. The summed E-state index contributed by atoms with van der Waals surface area (Å²) in [5, 5.41) is 42.7. The van der Waals surface area contributed by atoms with Gasteiger partial charge in [0.15, 0.2) is 5.78 Å². The van der Waals surface area contributed by atoms with Crippen molar-refractivity contribution in [3.05, 3.63) is 34.0 Å². The molecule has 1 heterocycles. The summed E-state index contributed by atoms with van der Waals surface area (Å²) in [6, 6.07) is 0. The molecule has 0 amide bonds. The third kappa shape index (κ3) is 2.41. The van der Waals surface area contributed by atoms with Crippen molar-refractivity contribution < 1.29 is 30.0 Å². The van der Waals surface area contributed by atoms with Crippen molar-refractivity contribution in [3.8, 4) is 11.5 Å². The predicted octanol–water partition coefficient (Wildman–Crippen LogP) is 1.06. The largest absolute Gasteiger partial charge is 0.507 e. The third-order valence-corrected chi connectivity index (χ3v) is 6.28. The van der Waals surface area contributed by atoms with Gasteiger partial charge in [0, 0.05) is 43.1 Å². The minimum absolute atomic E-state index is 0.147. The average Bonchev–Trinajstić information content (AvgIpc) is 3.10. The third-order valence-electron chi connectivity index (χ3n) is 6.28. The second kappa shape index (κ2) is 5.56. The Morgan fingerprint density at radius 2 is 1.37 bits per heavy atom. The number of carbonyl (C=O) groups excluding carboxylic acids is 2. The molecule has 3 aliphatic rings. The van der Waals surface area contributed by atoms with Gasteiger partial charge in [0.2, 0.25) is 5.78 Å². The number of nitrogens with zero attached hydrogens (tertiary/aromatic N) is 1. The topological polar surface area (TPSA) is 118 Å². The van der Waals surface area contributed by atoms with E-state index >= 15 is 0 Å². The van der Waals surface area contributed by atoms with E-state index in [4.69, 9.17) is 0 Å². The number of Topliss-reactive ketones (excluding diaryl/α,β-unsaturated/α-hetero) is 1. The monoisotopic (exact) mass is 373 g/mol. The summed E-state index contributed by atoms with van der Waals surface area (Å²) in [5.41, 5.74) is -2.93. The van der Waals surface area contributed by atoms with Gasteiger partial charge < -0.3 is 25.3 Å². The number of aliphatic hydroxyl groups is 2. The molecular weight excluding hydrogens is 350 g/mol. The molecule has 1 saturated heterocycles. The van der Waals surface area contributed by atoms with Gasteiger partial charge in [-0.1, -0.05) is 0 Å². The molecule has 144 valence electrons. The van der Waals surface area contributed by atoms with Crippen molar-refractivity contribution in [2.75, 3.05) is 13.1 Å². The number of likely N-dealkylation sites (tertiary alicyclic amines) is 1. The van der Waals surface area contributed by atoms with Gasteiger partial charge >= 0.3 is 0 Å². The number of carbonyl (C=O) groups is 2. The molecular formula is C20H23NO6. The summed E-state index contributed by atoms with van der Waals surface area (Å²) in [7, 11) is 0. The van der Waals surface area contributed by atoms with Crippen molar-refractivity contribution in [1.29, 1.82) is 0 Å². The van der Waals surface area contributed by atoms with Gasteiger partial charge in [0.1, 0.15) is 11.5 Å². The maximum absolute atomic E-state index is 13.1. The van der Waals surface area contributed by atoms with Crippen LogP contribution in [0, 0.1) is 0 Å². The molecule has 1 fully saturated rings. The number of rotatable bonds is 1. The molecule has 1 aliphatic heterocycles. The molecule has 0 aromatic heterocycles. The highest BCUT2D eigenvalue weighted by Crippen LogP contribution is 2.48. The second-order valence-electron chi connectivity index (χ2n) is 8.22. The van der Waals surface area contributed by atoms with E-state index in [9.17, 15) is 30.0 Å². The minimum Gasteiger partial charge on any atom is -0.507 e. The van der Waals surface area contributed by atoms with Gasteiger partial charge in [0.25, 0.3) is 0 Å². The zero-order valence-electron chi connectivity index (χ0n) is 15.4. The number of aromatic hydroxyl groups is 2. The SMILES string of the molecule is C[C@]1(O)Cc2c(O)c3c(c(O)c2C[C@@]1(C)O)C(=O)C=C(N1CCCC1)C3=O. The summed E-state index contributed by atoms with van der Waals surface area (Å²) >= 11 is 0. The molecule has 1 aromatic rings. The van der Waals surface area contributed by atoms with Gasteiger partial charge in [-0.15, -0.1) is 0 Å². The van der Waals surface area contributed by atoms with Crippen LogP contribution in [0.1, 0.15) is 58.5 Å². The summed E-state index contributed by atoms with van der Waals surface area (Å²) in [5.74, 6) is -1.83. The summed E-state index contributed by atoms with van der Waals surface area (Å²) in [6.07, 6.45) is 2.77. The van der Waals surface area contributed by atoms with Gasteiger partial charge in [-0.25, -0.2) is 0 Å². The molecule has 27 heavy (non-hydrogen) atoms. The number of benzene rings is 1. The number of allylic oxidation sites excluding steroid dienone is 2. The van der Waals surface area contributed by atoms with E-state index in [0.29, 0.717) is 13.1 Å². The van der Waals surface area contributed by atoms with Crippen LogP contribution in [-0.4, -0.2) is 61.2 Å². The molecule has 2 atom stereocenters. The van der Waals surface area contributed by atoms with Crippen molar-refractivity contribution in [1.82, 2.24) is 4.90 Å². The van der Waals surface area contributed by atoms with Crippen LogP contribution >= 0.6 is 0 Å². The number of fused-ring (bicyclic) bond motifs is 2. The maximum Gasteiger partial charge on any atom is 0.213 e. The Labute approximate surface area is 156 Å². The lowest BCUT2D eigenvalue weighted by Gasteiger charge is -2.44. The van der Waals surface area contributed by atoms with Crippen molar-refractivity contribution >= 4 is 11.6 Å². The lowest BCUT2D eigenvalue weighted by Crippen LogP contribution is -2.55. The first-order valence-electron chi connectivity index (χ1n) is 9.15. The lowest BCUT2D eigenvalue weighted by atomic mass is 9.69. The highest BCUT2D eigenvalue weighted by Gasteiger charge is 2.49. The van der Waals surface area contributed by atoms with Crippen LogP contribution in [0.2, 0.25) is 0 Å². The zero-order chi connectivity index (χ0) is 19.7. The van der Waals surface area contributed by atoms with Crippen molar-refractivity contribution in [2.45, 2.75) is 50.7 Å². The molecule has 2 aliphatic carbocycles. The van der Waals surface area contributed by atoms with E-state index in [1.807, 2.05) is 4.90 Å². The number of ketones is 2. The fourth-order valence-corrected chi connectivity index (χ4v) is 4.32. The quantitative estimate of drug-likeness (QED) is 0.544. The number of phenols is 2. The van der Waals surface area contributed by atoms with E-state index in [-0.39, 0.29) is 40.8 Å². The summed E-state index contributed by atoms with van der Waals surface area (Å²) < 4.78 is 0. The normalized spacial score (nSPS) is 30.2. The van der Waals surface area contributed by atoms with Crippen molar-refractivity contribution in [2.24, 2.45) is 0 Å². The fraction of sp³-hybridized carbons (Fsp3) is 0.500. The first kappa shape index (κ1) is 18.0. The molecule has 1 aromatic carbocycles. The van der Waals surface area contributed by atoms with Crippen LogP contribution in [0.5, 0.6) is 11.5 Å². The van der Waals surface area contributed by atoms with E-state index in [2.05, 4.69) is 0 Å². The zero-order valence-corrected chi connectivity index (χ0v) is 15.4. The lowest BCUT2D eigenvalue weighted by molar-refractivity contribution is -0.135. The molecule has 4 rings (SSSR count). The Hall–Kier alpha value is -2.38. The molecule has 0 radical (unpaired) electrons. The maximum atomic E-state index is 13.1. The number of phenolic OH excluding ortho intramolecular Hbond substituents is 2. The van der Waals surface area contributed by atoms with Crippen molar-refractivity contribution in [3.63, 3.8) is 0 Å². The Morgan fingerprint density at radius 3 is 1.89 bits per heavy atom. The van der Waals surface area contributed by atoms with Crippen LogP contribution in [0.4, 0.5) is 0 Å². The number of hydrogen-bond donors (Lipinski definition) is 4. The summed E-state index contributed by atoms with van der Waals surface area (Å²) in [6.45, 7) is 4.20. The van der Waals surface area contributed by atoms with Crippen LogP contribution in [0.15, 0.2) is 11.8 Å². The molecule has 0 saturated carbocycles. The van der Waals surface area contributed by atoms with Crippen LogP contribution in [0.3, 0.4) is 0 Å². The standard InChI is InChI=1S/C20H23NO6/c1-19(26)8-10-11(9-20(19,2)27)17(24)15-14(16(10)23)13(22)7-12(18(15)25)21-5-3-4-6-21/h7,23-24,26-27H,3-6,8-9H2,1-2H3/t19-,20+/m1/s1. The minimum atomic E-state index is -1.56. The van der Waals surface area contributed by atoms with Crippen LogP contribution < -0.4 is 0 Å². The predicted molar refractivity (Wildman–Crippen MR) is 96.0 cm³/mol. The van der Waals surface area contributed by atoms with Gasteiger partial charge in [-0.3, -0.25) is 9.59 Å². The van der Waals surface area contributed by atoms with E-state index < -0.39 is 34.3 Å². The highest BCUT2D eigenvalue weighted by atomic mass is 16.4. The first-order valence-corrected chi connectivity index (χ1v) is 9.15. The number of hydrogen-bond acceptors (Lipinski definition) is 7. The molecule has 4 N–H and O–H groups in total. The first-order chi connectivity index (χ1) is 12.5. The van der Waals surface area contributed by atoms with Gasteiger partial charge in [-0.2, -0.15) is 0 Å². The Bertz CT molecular complexity index is 906. The Balaban J connectivity index is 1.91. The smallest absolute Gasteiger partial charge is 0.213 e. The van der Waals surface area contributed by atoms with Crippen LogP contribution in [0.25, 0.3) is 0 Å². The van der Waals surface area contributed by atoms with E-state index in [0.717, 1.165) is 12.8 Å². The fourth-order valence-electron chi connectivity index (χ4n) is 4.32. The molecule has 0 spiro atoms. The molecule has 0 bridgehead atoms. The molecule has 0 unspecified atom stereocenters. The van der Waals surface area contributed by atoms with Gasteiger partial charge in [0.05, 0.1) is 28.0 Å².